The van der Waals surface area contributed by atoms with E-state index < -0.39 is 0 Å². The number of methoxy groups -OCH3 is 1. The summed E-state index contributed by atoms with van der Waals surface area (Å²) in [7, 11) is 1.67. The highest BCUT2D eigenvalue weighted by molar-refractivity contribution is 5.76. The highest BCUT2D eigenvalue weighted by Gasteiger charge is 2.11. The van der Waals surface area contributed by atoms with Crippen molar-refractivity contribution in [2.24, 2.45) is 0 Å². The van der Waals surface area contributed by atoms with Gasteiger partial charge in [0, 0.05) is 25.9 Å². The van der Waals surface area contributed by atoms with Crippen LogP contribution in [0.1, 0.15) is 50.9 Å². The van der Waals surface area contributed by atoms with E-state index in [1.54, 1.807) is 7.11 Å². The number of carbonyl (C=O) groups excluding carboxylic acids is 1. The van der Waals surface area contributed by atoms with Crippen LogP contribution in [-0.4, -0.2) is 35.7 Å². The fourth-order valence-corrected chi connectivity index (χ4v) is 3.82. The third kappa shape index (κ3) is 6.85. The standard InChI is InChI=1S/C27H35N3O3/c1-4-11-21-15-16-24(25(20-21)32-3)33-19-9-8-18-30-23-13-7-6-12-22(23)29-26(30)14-10-17-28-27(31)5-2/h4,6-7,11-13,15-16,20H,5,8-10,14,17-19H2,1-3H3,(H,28,31)/b11-4+. The zero-order valence-corrected chi connectivity index (χ0v) is 20.0. The fraction of sp³-hybridized carbons (Fsp3) is 0.407. The Balaban J connectivity index is 1.55. The number of hydrogen-bond donors (Lipinski definition) is 1. The smallest absolute Gasteiger partial charge is 0.219 e. The number of para-hydroxylation sites is 2. The Labute approximate surface area is 196 Å². The molecule has 176 valence electrons. The van der Waals surface area contributed by atoms with E-state index in [1.165, 1.54) is 0 Å². The van der Waals surface area contributed by atoms with Gasteiger partial charge >= 0.3 is 0 Å². The van der Waals surface area contributed by atoms with Gasteiger partial charge in [0.25, 0.3) is 0 Å². The number of aromatic nitrogens is 2. The fourth-order valence-electron chi connectivity index (χ4n) is 3.82. The summed E-state index contributed by atoms with van der Waals surface area (Å²) in [5, 5.41) is 2.94. The Hall–Kier alpha value is -3.28. The number of amides is 1. The lowest BCUT2D eigenvalue weighted by molar-refractivity contribution is -0.120. The van der Waals surface area contributed by atoms with Crippen LogP contribution in [0.4, 0.5) is 0 Å². The quantitative estimate of drug-likeness (QED) is 0.355. The number of aryl methyl sites for hydroxylation is 2. The molecule has 0 saturated heterocycles. The number of carbonyl (C=O) groups is 1. The molecular weight excluding hydrogens is 414 g/mol. The van der Waals surface area contributed by atoms with Crippen molar-refractivity contribution < 1.29 is 14.3 Å². The molecule has 6 nitrogen and oxygen atoms in total. The van der Waals surface area contributed by atoms with E-state index >= 15 is 0 Å². The Bertz CT molecular complexity index is 1070. The maximum absolute atomic E-state index is 11.5. The SMILES string of the molecule is C/C=C/c1ccc(OCCCCn2c(CCCNC(=O)CC)nc3ccccc32)c(OC)c1. The zero-order chi connectivity index (χ0) is 23.5. The summed E-state index contributed by atoms with van der Waals surface area (Å²) < 4.78 is 13.8. The highest BCUT2D eigenvalue weighted by atomic mass is 16.5. The van der Waals surface area contributed by atoms with Gasteiger partial charge in [-0.15, -0.1) is 0 Å². The van der Waals surface area contributed by atoms with Gasteiger partial charge in [0.05, 0.1) is 24.8 Å². The molecule has 0 atom stereocenters. The van der Waals surface area contributed by atoms with Crippen LogP contribution in [0.2, 0.25) is 0 Å². The molecule has 1 N–H and O–H groups in total. The van der Waals surface area contributed by atoms with Gasteiger partial charge < -0.3 is 19.4 Å². The molecule has 0 spiro atoms. The van der Waals surface area contributed by atoms with E-state index in [9.17, 15) is 4.79 Å². The predicted octanol–water partition coefficient (Wildman–Crippen LogP) is 5.40. The van der Waals surface area contributed by atoms with Crippen LogP contribution in [0.3, 0.4) is 0 Å². The molecule has 1 amide bonds. The topological polar surface area (TPSA) is 65.4 Å². The molecule has 0 bridgehead atoms. The van der Waals surface area contributed by atoms with Crippen molar-refractivity contribution >= 4 is 23.0 Å². The lowest BCUT2D eigenvalue weighted by atomic mass is 10.2. The van der Waals surface area contributed by atoms with Crippen LogP contribution in [0.25, 0.3) is 17.1 Å². The maximum Gasteiger partial charge on any atom is 0.219 e. The molecule has 2 aromatic carbocycles. The van der Waals surface area contributed by atoms with Crippen LogP contribution in [-0.2, 0) is 17.8 Å². The van der Waals surface area contributed by atoms with E-state index in [0.717, 1.165) is 66.1 Å². The molecule has 0 aliphatic heterocycles. The van der Waals surface area contributed by atoms with Crippen molar-refractivity contribution in [2.45, 2.75) is 52.5 Å². The summed E-state index contributed by atoms with van der Waals surface area (Å²) in [6, 6.07) is 14.2. The number of benzene rings is 2. The second kappa shape index (κ2) is 12.7. The average Bonchev–Trinajstić information content (AvgIpc) is 3.19. The lowest BCUT2D eigenvalue weighted by Crippen LogP contribution is -2.23. The summed E-state index contributed by atoms with van der Waals surface area (Å²) in [6.07, 6.45) is 8.19. The average molecular weight is 450 g/mol. The normalized spacial score (nSPS) is 11.2. The molecule has 1 heterocycles. The zero-order valence-electron chi connectivity index (χ0n) is 20.0. The summed E-state index contributed by atoms with van der Waals surface area (Å²) >= 11 is 0. The number of imidazole rings is 1. The maximum atomic E-state index is 11.5. The second-order valence-corrected chi connectivity index (χ2v) is 7.94. The van der Waals surface area contributed by atoms with Crippen LogP contribution < -0.4 is 14.8 Å². The Morgan fingerprint density at radius 2 is 1.97 bits per heavy atom. The first-order valence-corrected chi connectivity index (χ1v) is 11.8. The number of unbranched alkanes of at least 4 members (excludes halogenated alkanes) is 1. The third-order valence-corrected chi connectivity index (χ3v) is 5.53. The van der Waals surface area contributed by atoms with Gasteiger partial charge in [0.15, 0.2) is 11.5 Å². The van der Waals surface area contributed by atoms with Gasteiger partial charge in [-0.1, -0.05) is 37.3 Å². The molecule has 3 rings (SSSR count). The molecule has 33 heavy (non-hydrogen) atoms. The molecular formula is C27H35N3O3. The number of nitrogens with zero attached hydrogens (tertiary/aromatic N) is 2. The summed E-state index contributed by atoms with van der Waals surface area (Å²) in [5.41, 5.74) is 3.27. The Morgan fingerprint density at radius 1 is 1.12 bits per heavy atom. The van der Waals surface area contributed by atoms with Gasteiger partial charge in [-0.3, -0.25) is 4.79 Å². The van der Waals surface area contributed by atoms with Crippen molar-refractivity contribution in [1.29, 1.82) is 0 Å². The monoisotopic (exact) mass is 449 g/mol. The molecule has 0 aliphatic carbocycles. The molecule has 3 aromatic rings. The number of allylic oxidation sites excluding steroid dienone is 1. The minimum Gasteiger partial charge on any atom is -0.493 e. The predicted molar refractivity (Wildman–Crippen MR) is 134 cm³/mol. The molecule has 0 saturated carbocycles. The van der Waals surface area contributed by atoms with E-state index in [2.05, 4.69) is 28.1 Å². The number of ether oxygens (including phenoxy) is 2. The largest absolute Gasteiger partial charge is 0.493 e. The lowest BCUT2D eigenvalue weighted by Gasteiger charge is -2.12. The Morgan fingerprint density at radius 3 is 2.76 bits per heavy atom. The third-order valence-electron chi connectivity index (χ3n) is 5.53. The van der Waals surface area contributed by atoms with Gasteiger partial charge in [-0.2, -0.15) is 0 Å². The second-order valence-electron chi connectivity index (χ2n) is 7.94. The molecule has 6 heteroatoms. The highest BCUT2D eigenvalue weighted by Crippen LogP contribution is 2.29. The van der Waals surface area contributed by atoms with Crippen LogP contribution in [0.5, 0.6) is 11.5 Å². The molecule has 0 aliphatic rings. The van der Waals surface area contributed by atoms with E-state index in [4.69, 9.17) is 14.5 Å². The minimum atomic E-state index is 0.0941. The summed E-state index contributed by atoms with van der Waals surface area (Å²) in [6.45, 7) is 6.06. The summed E-state index contributed by atoms with van der Waals surface area (Å²) in [5.74, 6) is 2.69. The number of hydrogen-bond acceptors (Lipinski definition) is 4. The molecule has 0 fully saturated rings. The summed E-state index contributed by atoms with van der Waals surface area (Å²) in [4.78, 5) is 16.3. The number of rotatable bonds is 13. The van der Waals surface area contributed by atoms with Crippen molar-refractivity contribution in [2.75, 3.05) is 20.3 Å². The van der Waals surface area contributed by atoms with Crippen molar-refractivity contribution in [1.82, 2.24) is 14.9 Å². The molecule has 0 radical (unpaired) electrons. The van der Waals surface area contributed by atoms with Gasteiger partial charge in [-0.25, -0.2) is 4.98 Å². The first kappa shape index (κ1) is 24.4. The Kier molecular flexibility index (Phi) is 9.36. The van der Waals surface area contributed by atoms with E-state index in [1.807, 2.05) is 50.3 Å². The van der Waals surface area contributed by atoms with E-state index in [0.29, 0.717) is 19.6 Å². The molecule has 1 aromatic heterocycles. The first-order valence-electron chi connectivity index (χ1n) is 11.8. The van der Waals surface area contributed by atoms with Gasteiger partial charge in [0.2, 0.25) is 5.91 Å². The van der Waals surface area contributed by atoms with Crippen LogP contribution >= 0.6 is 0 Å². The van der Waals surface area contributed by atoms with Crippen molar-refractivity contribution in [3.63, 3.8) is 0 Å². The van der Waals surface area contributed by atoms with Crippen molar-refractivity contribution in [3.05, 3.63) is 59.9 Å². The first-order chi connectivity index (χ1) is 16.2. The number of fused-ring (bicyclic) bond motifs is 1. The number of nitrogens with one attached hydrogen (secondary N) is 1. The van der Waals surface area contributed by atoms with Crippen LogP contribution in [0, 0.1) is 0 Å². The molecule has 0 unspecified atom stereocenters. The van der Waals surface area contributed by atoms with Gasteiger partial charge in [-0.05, 0) is 56.0 Å². The van der Waals surface area contributed by atoms with Gasteiger partial charge in [0.1, 0.15) is 5.82 Å². The van der Waals surface area contributed by atoms with E-state index in [-0.39, 0.29) is 5.91 Å². The minimum absolute atomic E-state index is 0.0941. The van der Waals surface area contributed by atoms with Crippen LogP contribution in [0.15, 0.2) is 48.5 Å². The van der Waals surface area contributed by atoms with Crippen molar-refractivity contribution in [3.8, 4) is 11.5 Å².